The normalized spacial score (nSPS) is 10.0. The minimum atomic E-state index is 0.403. The Morgan fingerprint density at radius 1 is 1.00 bits per heavy atom. The summed E-state index contributed by atoms with van der Waals surface area (Å²) in [4.78, 5) is 0.403. The summed E-state index contributed by atoms with van der Waals surface area (Å²) in [6, 6.07) is 17.0. The number of rotatable bonds is 2. The summed E-state index contributed by atoms with van der Waals surface area (Å²) in [5, 5.41) is 11.2. The molecule has 0 radical (unpaired) electrons. The van der Waals surface area contributed by atoms with Gasteiger partial charge in [0.1, 0.15) is 4.99 Å². The molecular weight excluding hydrogens is 230 g/mol. The van der Waals surface area contributed by atoms with Crippen molar-refractivity contribution in [3.05, 3.63) is 65.7 Å². The smallest absolute Gasteiger partial charge is 0.139 e. The van der Waals surface area contributed by atoms with Crippen LogP contribution in [0.1, 0.15) is 11.1 Å². The fourth-order valence-corrected chi connectivity index (χ4v) is 1.85. The van der Waals surface area contributed by atoms with E-state index >= 15 is 0 Å². The van der Waals surface area contributed by atoms with Gasteiger partial charge in [-0.1, -0.05) is 60.7 Å². The lowest BCUT2D eigenvalue weighted by atomic mass is 10.1. The van der Waals surface area contributed by atoms with Gasteiger partial charge in [0.25, 0.3) is 0 Å². The maximum atomic E-state index is 10.1. The predicted molar refractivity (Wildman–Crippen MR) is 73.6 cm³/mol. The Hall–Kier alpha value is -1.71. The molecule has 0 aromatic heterocycles. The first-order valence-electron chi connectivity index (χ1n) is 5.34. The van der Waals surface area contributed by atoms with Gasteiger partial charge in [0.05, 0.1) is 5.69 Å². The molecule has 17 heavy (non-hydrogen) atoms. The standard InChI is InChI=1S/C14H13NOS/c1-11-7-5-6-10-13(11)15(16)14(17)12-8-3-2-4-9-12/h2-10,16H,1H3. The molecule has 0 heterocycles. The summed E-state index contributed by atoms with van der Waals surface area (Å²) in [5.41, 5.74) is 2.52. The molecule has 0 saturated carbocycles. The lowest BCUT2D eigenvalue weighted by molar-refractivity contribution is 0.314. The van der Waals surface area contributed by atoms with Crippen LogP contribution in [0.2, 0.25) is 0 Å². The maximum Gasteiger partial charge on any atom is 0.139 e. The first-order valence-corrected chi connectivity index (χ1v) is 5.75. The Morgan fingerprint density at radius 3 is 2.24 bits per heavy atom. The van der Waals surface area contributed by atoms with Gasteiger partial charge in [-0.05, 0) is 18.6 Å². The van der Waals surface area contributed by atoms with Crippen LogP contribution in [-0.4, -0.2) is 10.2 Å². The van der Waals surface area contributed by atoms with E-state index < -0.39 is 0 Å². The van der Waals surface area contributed by atoms with E-state index in [0.29, 0.717) is 10.7 Å². The minimum absolute atomic E-state index is 0.403. The van der Waals surface area contributed by atoms with Crippen molar-refractivity contribution in [2.24, 2.45) is 0 Å². The van der Waals surface area contributed by atoms with Crippen LogP contribution in [0.15, 0.2) is 54.6 Å². The van der Waals surface area contributed by atoms with Crippen molar-refractivity contribution in [1.29, 1.82) is 0 Å². The molecule has 0 amide bonds. The zero-order chi connectivity index (χ0) is 12.3. The lowest BCUT2D eigenvalue weighted by Gasteiger charge is -2.19. The van der Waals surface area contributed by atoms with E-state index in [0.717, 1.165) is 16.2 Å². The molecular formula is C14H13NOS. The number of hydrogen-bond donors (Lipinski definition) is 1. The summed E-state index contributed by atoms with van der Waals surface area (Å²) >= 11 is 5.26. The third-order valence-corrected chi connectivity index (χ3v) is 2.97. The van der Waals surface area contributed by atoms with Crippen molar-refractivity contribution < 1.29 is 5.21 Å². The van der Waals surface area contributed by atoms with Gasteiger partial charge in [-0.3, -0.25) is 5.21 Å². The number of hydrogen-bond acceptors (Lipinski definition) is 2. The van der Waals surface area contributed by atoms with Crippen LogP contribution in [0.5, 0.6) is 0 Å². The van der Waals surface area contributed by atoms with Gasteiger partial charge in [0.2, 0.25) is 0 Å². The van der Waals surface area contributed by atoms with E-state index in [1.807, 2.05) is 61.5 Å². The fraction of sp³-hybridized carbons (Fsp3) is 0.0714. The number of aryl methyl sites for hydroxylation is 1. The number of anilines is 1. The summed E-state index contributed by atoms with van der Waals surface area (Å²) in [6.45, 7) is 1.94. The highest BCUT2D eigenvalue weighted by atomic mass is 32.1. The van der Waals surface area contributed by atoms with E-state index in [1.54, 1.807) is 0 Å². The van der Waals surface area contributed by atoms with Crippen molar-refractivity contribution in [2.45, 2.75) is 6.92 Å². The lowest BCUT2D eigenvalue weighted by Crippen LogP contribution is -2.26. The summed E-state index contributed by atoms with van der Waals surface area (Å²) in [6.07, 6.45) is 0. The zero-order valence-corrected chi connectivity index (χ0v) is 10.3. The highest BCUT2D eigenvalue weighted by Gasteiger charge is 2.12. The Morgan fingerprint density at radius 2 is 1.59 bits per heavy atom. The Labute approximate surface area is 106 Å². The van der Waals surface area contributed by atoms with Crippen molar-refractivity contribution in [2.75, 3.05) is 5.06 Å². The second-order valence-electron chi connectivity index (χ2n) is 3.77. The number of thiocarbonyl (C=S) groups is 1. The Kier molecular flexibility index (Phi) is 3.52. The molecule has 1 N–H and O–H groups in total. The molecule has 0 unspecified atom stereocenters. The Bertz CT molecular complexity index is 525. The van der Waals surface area contributed by atoms with Crippen molar-refractivity contribution in [3.63, 3.8) is 0 Å². The molecule has 0 fully saturated rings. The summed E-state index contributed by atoms with van der Waals surface area (Å²) < 4.78 is 0. The van der Waals surface area contributed by atoms with Gasteiger partial charge in [-0.2, -0.15) is 0 Å². The zero-order valence-electron chi connectivity index (χ0n) is 9.50. The first-order chi connectivity index (χ1) is 8.20. The largest absolute Gasteiger partial charge is 0.283 e. The average Bonchev–Trinajstić information content (AvgIpc) is 2.39. The highest BCUT2D eigenvalue weighted by molar-refractivity contribution is 7.81. The molecule has 0 spiro atoms. The summed E-state index contributed by atoms with van der Waals surface area (Å²) in [5.74, 6) is 0. The molecule has 0 atom stereocenters. The average molecular weight is 243 g/mol. The van der Waals surface area contributed by atoms with Crippen LogP contribution < -0.4 is 5.06 Å². The predicted octanol–water partition coefficient (Wildman–Crippen LogP) is 3.57. The van der Waals surface area contributed by atoms with Gasteiger partial charge in [0.15, 0.2) is 0 Å². The van der Waals surface area contributed by atoms with Gasteiger partial charge < -0.3 is 0 Å². The number of para-hydroxylation sites is 1. The van der Waals surface area contributed by atoms with Gasteiger partial charge in [-0.25, -0.2) is 5.06 Å². The second kappa shape index (κ2) is 5.08. The molecule has 0 bridgehead atoms. The molecule has 2 aromatic carbocycles. The summed E-state index contributed by atoms with van der Waals surface area (Å²) in [7, 11) is 0. The van der Waals surface area contributed by atoms with Gasteiger partial charge in [0, 0.05) is 5.56 Å². The van der Waals surface area contributed by atoms with E-state index in [4.69, 9.17) is 12.2 Å². The highest BCUT2D eigenvalue weighted by Crippen LogP contribution is 2.20. The van der Waals surface area contributed by atoms with Crippen molar-refractivity contribution >= 4 is 22.9 Å². The molecule has 0 aliphatic carbocycles. The molecule has 0 aliphatic heterocycles. The van der Waals surface area contributed by atoms with Crippen LogP contribution in [0.3, 0.4) is 0 Å². The minimum Gasteiger partial charge on any atom is -0.283 e. The monoisotopic (exact) mass is 243 g/mol. The van der Waals surface area contributed by atoms with Crippen LogP contribution in [-0.2, 0) is 0 Å². The van der Waals surface area contributed by atoms with Crippen LogP contribution in [0.4, 0.5) is 5.69 Å². The molecule has 2 aromatic rings. The topological polar surface area (TPSA) is 23.5 Å². The molecule has 86 valence electrons. The molecule has 0 aliphatic rings. The number of nitrogens with zero attached hydrogens (tertiary/aromatic N) is 1. The third kappa shape index (κ3) is 2.52. The molecule has 2 nitrogen and oxygen atoms in total. The van der Waals surface area contributed by atoms with Crippen molar-refractivity contribution in [3.8, 4) is 0 Å². The molecule has 0 saturated heterocycles. The number of hydroxylamine groups is 1. The maximum absolute atomic E-state index is 10.1. The molecule has 2 rings (SSSR count). The van der Waals surface area contributed by atoms with Gasteiger partial charge >= 0.3 is 0 Å². The van der Waals surface area contributed by atoms with Crippen LogP contribution in [0, 0.1) is 6.92 Å². The van der Waals surface area contributed by atoms with Gasteiger partial charge in [-0.15, -0.1) is 0 Å². The molecule has 3 heteroatoms. The third-order valence-electron chi connectivity index (χ3n) is 2.56. The Balaban J connectivity index is 2.30. The van der Waals surface area contributed by atoms with E-state index in [9.17, 15) is 5.21 Å². The van der Waals surface area contributed by atoms with E-state index in [2.05, 4.69) is 0 Å². The van der Waals surface area contributed by atoms with Crippen molar-refractivity contribution in [1.82, 2.24) is 0 Å². The van der Waals surface area contributed by atoms with E-state index in [1.165, 1.54) is 0 Å². The fourth-order valence-electron chi connectivity index (χ4n) is 1.61. The van der Waals surface area contributed by atoms with Crippen LogP contribution >= 0.6 is 12.2 Å². The second-order valence-corrected chi connectivity index (χ2v) is 4.16. The quantitative estimate of drug-likeness (QED) is 0.644. The number of benzene rings is 2. The van der Waals surface area contributed by atoms with Crippen LogP contribution in [0.25, 0.3) is 0 Å². The SMILES string of the molecule is Cc1ccccc1N(O)C(=S)c1ccccc1. The first kappa shape index (κ1) is 11.8. The van der Waals surface area contributed by atoms with E-state index in [-0.39, 0.29) is 0 Å².